The van der Waals surface area contributed by atoms with Gasteiger partial charge in [-0.1, -0.05) is 18.2 Å². The fourth-order valence-electron chi connectivity index (χ4n) is 0.899. The van der Waals surface area contributed by atoms with E-state index in [1.807, 2.05) is 0 Å². The van der Waals surface area contributed by atoms with E-state index in [1.54, 1.807) is 11.5 Å². The molecule has 0 aliphatic carbocycles. The number of carbonyl (C=O) groups is 1. The molecule has 3 nitrogen and oxygen atoms in total. The van der Waals surface area contributed by atoms with Gasteiger partial charge in [0, 0.05) is 5.56 Å². The van der Waals surface area contributed by atoms with Gasteiger partial charge < -0.3 is 0 Å². The molecule has 18 heavy (non-hydrogen) atoms. The lowest BCUT2D eigenvalue weighted by Crippen LogP contribution is -2.38. The number of amides is 1. The van der Waals surface area contributed by atoms with Gasteiger partial charge in [-0.3, -0.25) is 4.79 Å². The van der Waals surface area contributed by atoms with Crippen LogP contribution in [0.2, 0.25) is 0 Å². The Hall–Kier alpha value is -1.99. The third kappa shape index (κ3) is 3.51. The first-order chi connectivity index (χ1) is 8.24. The molecule has 0 fully saturated rings. The summed E-state index contributed by atoms with van der Waals surface area (Å²) in [7, 11) is 0. The SMILES string of the molecule is O=C(N/N=C\C(F)(F)C(F)(F)F)c1ccccc1. The third-order valence-corrected chi connectivity index (χ3v) is 1.81. The Balaban J connectivity index is 2.64. The van der Waals surface area contributed by atoms with Gasteiger partial charge in [0.05, 0.1) is 0 Å². The van der Waals surface area contributed by atoms with Crippen LogP contribution in [0.25, 0.3) is 0 Å². The molecule has 0 spiro atoms. The monoisotopic (exact) mass is 266 g/mol. The van der Waals surface area contributed by atoms with Crippen LogP contribution in [0.5, 0.6) is 0 Å². The molecule has 0 radical (unpaired) electrons. The summed E-state index contributed by atoms with van der Waals surface area (Å²) < 4.78 is 59.9. The highest BCUT2D eigenvalue weighted by Gasteiger charge is 2.56. The molecule has 8 heteroatoms. The smallest absolute Gasteiger partial charge is 0.267 e. The van der Waals surface area contributed by atoms with Gasteiger partial charge >= 0.3 is 12.1 Å². The molecule has 98 valence electrons. The summed E-state index contributed by atoms with van der Waals surface area (Å²) >= 11 is 0. The van der Waals surface area contributed by atoms with Crippen molar-refractivity contribution in [3.05, 3.63) is 35.9 Å². The Labute approximate surface area is 98.3 Å². The lowest BCUT2D eigenvalue weighted by atomic mass is 10.2. The maximum atomic E-state index is 12.4. The standard InChI is InChI=1S/C10H7F5N2O/c11-9(12,10(13,14)15)6-16-17-8(18)7-4-2-1-3-5-7/h1-6H,(H,17,18)/b16-6-. The molecule has 1 aromatic carbocycles. The minimum Gasteiger partial charge on any atom is -0.267 e. The van der Waals surface area contributed by atoms with Crippen molar-refractivity contribution in [3.8, 4) is 0 Å². The predicted molar refractivity (Wildman–Crippen MR) is 53.4 cm³/mol. The molecule has 1 aromatic rings. The molecule has 0 aliphatic rings. The van der Waals surface area contributed by atoms with Gasteiger partial charge in [0.2, 0.25) is 0 Å². The minimum absolute atomic E-state index is 0.0879. The summed E-state index contributed by atoms with van der Waals surface area (Å²) in [6, 6.07) is 7.32. The Bertz CT molecular complexity index is 441. The van der Waals surface area contributed by atoms with E-state index in [0.717, 1.165) is 0 Å². The normalized spacial score (nSPS) is 12.7. The average molecular weight is 266 g/mol. The summed E-state index contributed by atoms with van der Waals surface area (Å²) in [4.78, 5) is 11.2. The second-order valence-corrected chi connectivity index (χ2v) is 3.19. The molecule has 0 unspecified atom stereocenters. The number of hydrogen-bond donors (Lipinski definition) is 1. The van der Waals surface area contributed by atoms with Gasteiger partial charge in [0.1, 0.15) is 6.21 Å². The maximum absolute atomic E-state index is 12.4. The topological polar surface area (TPSA) is 41.5 Å². The van der Waals surface area contributed by atoms with E-state index >= 15 is 0 Å². The molecule has 0 saturated carbocycles. The fourth-order valence-corrected chi connectivity index (χ4v) is 0.899. The van der Waals surface area contributed by atoms with Crippen molar-refractivity contribution >= 4 is 12.1 Å². The molecule has 0 heterocycles. The zero-order valence-corrected chi connectivity index (χ0v) is 8.71. The van der Waals surface area contributed by atoms with Gasteiger partial charge in [0.15, 0.2) is 0 Å². The van der Waals surface area contributed by atoms with Crippen LogP contribution in [0.3, 0.4) is 0 Å². The van der Waals surface area contributed by atoms with E-state index in [4.69, 9.17) is 0 Å². The molecular formula is C10H7F5N2O. The fraction of sp³-hybridized carbons (Fsp3) is 0.200. The number of nitrogens with one attached hydrogen (secondary N) is 1. The third-order valence-electron chi connectivity index (χ3n) is 1.81. The zero-order valence-electron chi connectivity index (χ0n) is 8.71. The molecule has 0 atom stereocenters. The van der Waals surface area contributed by atoms with Crippen LogP contribution in [0, 0.1) is 0 Å². The zero-order chi connectivity index (χ0) is 13.8. The van der Waals surface area contributed by atoms with E-state index in [0.29, 0.717) is 0 Å². The molecule has 1 amide bonds. The minimum atomic E-state index is -5.74. The number of rotatable bonds is 3. The predicted octanol–water partition coefficient (Wildman–Crippen LogP) is 2.60. The van der Waals surface area contributed by atoms with Crippen LogP contribution in [0.15, 0.2) is 35.4 Å². The quantitative estimate of drug-likeness (QED) is 0.510. The summed E-state index contributed by atoms with van der Waals surface area (Å²) in [6.07, 6.45) is -6.40. The highest BCUT2D eigenvalue weighted by atomic mass is 19.4. The Morgan fingerprint density at radius 3 is 2.17 bits per heavy atom. The molecule has 0 saturated heterocycles. The van der Waals surface area contributed by atoms with Gasteiger partial charge in [0.25, 0.3) is 5.91 Å². The van der Waals surface area contributed by atoms with E-state index in [2.05, 4.69) is 5.10 Å². The van der Waals surface area contributed by atoms with E-state index in [1.165, 1.54) is 24.3 Å². The number of hydrazone groups is 1. The molecular weight excluding hydrogens is 259 g/mol. The number of nitrogens with zero attached hydrogens (tertiary/aromatic N) is 1. The van der Waals surface area contributed by atoms with Crippen molar-refractivity contribution in [2.45, 2.75) is 12.1 Å². The van der Waals surface area contributed by atoms with Crippen LogP contribution >= 0.6 is 0 Å². The number of carbonyl (C=O) groups excluding carboxylic acids is 1. The largest absolute Gasteiger partial charge is 0.459 e. The number of benzene rings is 1. The second kappa shape index (κ2) is 5.11. The highest BCUT2D eigenvalue weighted by Crippen LogP contribution is 2.33. The van der Waals surface area contributed by atoms with Crippen molar-refractivity contribution in [1.82, 2.24) is 5.43 Å². The van der Waals surface area contributed by atoms with Gasteiger partial charge in [-0.2, -0.15) is 27.1 Å². The summed E-state index contributed by atoms with van der Waals surface area (Å²) in [5, 5.41) is 2.59. The lowest BCUT2D eigenvalue weighted by Gasteiger charge is -2.14. The van der Waals surface area contributed by atoms with Gasteiger partial charge in [-0.25, -0.2) is 5.43 Å². The molecule has 1 N–H and O–H groups in total. The first-order valence-corrected chi connectivity index (χ1v) is 4.58. The summed E-state index contributed by atoms with van der Waals surface area (Å²) in [5.41, 5.74) is 1.67. The summed E-state index contributed by atoms with van der Waals surface area (Å²) in [6.45, 7) is 0. The Morgan fingerprint density at radius 1 is 1.11 bits per heavy atom. The maximum Gasteiger partial charge on any atom is 0.459 e. The van der Waals surface area contributed by atoms with Crippen LogP contribution in [0.4, 0.5) is 22.0 Å². The van der Waals surface area contributed by atoms with Crippen molar-refractivity contribution in [1.29, 1.82) is 0 Å². The molecule has 0 bridgehead atoms. The number of halogens is 5. The molecule has 0 aliphatic heterocycles. The Morgan fingerprint density at radius 2 is 1.67 bits per heavy atom. The van der Waals surface area contributed by atoms with Crippen LogP contribution in [-0.4, -0.2) is 24.2 Å². The van der Waals surface area contributed by atoms with E-state index < -0.39 is 24.2 Å². The van der Waals surface area contributed by atoms with E-state index in [9.17, 15) is 26.7 Å². The van der Waals surface area contributed by atoms with Crippen LogP contribution in [-0.2, 0) is 0 Å². The number of hydrogen-bond acceptors (Lipinski definition) is 2. The van der Waals surface area contributed by atoms with Crippen molar-refractivity contribution in [2.75, 3.05) is 0 Å². The lowest BCUT2D eigenvalue weighted by molar-refractivity contribution is -0.247. The average Bonchev–Trinajstić information content (AvgIpc) is 2.28. The molecule has 0 aromatic heterocycles. The van der Waals surface area contributed by atoms with Crippen LogP contribution < -0.4 is 5.43 Å². The second-order valence-electron chi connectivity index (χ2n) is 3.19. The van der Waals surface area contributed by atoms with E-state index in [-0.39, 0.29) is 5.56 Å². The Kier molecular flexibility index (Phi) is 4.00. The first kappa shape index (κ1) is 14.1. The van der Waals surface area contributed by atoms with Crippen molar-refractivity contribution < 1.29 is 26.7 Å². The van der Waals surface area contributed by atoms with Gasteiger partial charge in [-0.15, -0.1) is 0 Å². The van der Waals surface area contributed by atoms with Crippen molar-refractivity contribution in [2.24, 2.45) is 5.10 Å². The van der Waals surface area contributed by atoms with Crippen LogP contribution in [0.1, 0.15) is 10.4 Å². The first-order valence-electron chi connectivity index (χ1n) is 4.58. The number of alkyl halides is 5. The van der Waals surface area contributed by atoms with Gasteiger partial charge in [-0.05, 0) is 12.1 Å². The molecule has 1 rings (SSSR count). The highest BCUT2D eigenvalue weighted by molar-refractivity contribution is 5.94. The summed E-state index contributed by atoms with van der Waals surface area (Å²) in [5.74, 6) is -5.97. The van der Waals surface area contributed by atoms with Crippen molar-refractivity contribution in [3.63, 3.8) is 0 Å².